The zero-order chi connectivity index (χ0) is 20.5. The van der Waals surface area contributed by atoms with Gasteiger partial charge in [-0.15, -0.1) is 0 Å². The third-order valence-corrected chi connectivity index (χ3v) is 5.63. The third kappa shape index (κ3) is 4.37. The Morgan fingerprint density at radius 1 is 1.34 bits per heavy atom. The van der Waals surface area contributed by atoms with Gasteiger partial charge in [-0.3, -0.25) is 9.48 Å². The Kier molecular flexibility index (Phi) is 5.45. The third-order valence-electron chi connectivity index (χ3n) is 5.34. The van der Waals surface area contributed by atoms with Crippen LogP contribution in [0.25, 0.3) is 0 Å². The van der Waals surface area contributed by atoms with Gasteiger partial charge in [-0.05, 0) is 25.0 Å². The predicted octanol–water partition coefficient (Wildman–Crippen LogP) is 3.01. The molecule has 0 bridgehead atoms. The number of carbonyl (C=O) groups is 2. The number of carbonyl (C=O) groups excluding carboxylic acids is 2. The Morgan fingerprint density at radius 2 is 2.14 bits per heavy atom. The van der Waals surface area contributed by atoms with Crippen molar-refractivity contribution in [2.75, 3.05) is 11.9 Å². The van der Waals surface area contributed by atoms with Gasteiger partial charge < -0.3 is 15.5 Å². The molecule has 3 amide bonds. The number of rotatable bonds is 5. The van der Waals surface area contributed by atoms with Gasteiger partial charge in [-0.1, -0.05) is 17.7 Å². The Morgan fingerprint density at radius 3 is 2.90 bits per heavy atom. The molecule has 154 valence electrons. The molecule has 0 atom stereocenters. The number of nitrogens with zero attached hydrogens (tertiary/aromatic N) is 3. The number of halogens is 2. The van der Waals surface area contributed by atoms with E-state index < -0.39 is 11.8 Å². The van der Waals surface area contributed by atoms with Crippen molar-refractivity contribution in [1.82, 2.24) is 20.0 Å². The van der Waals surface area contributed by atoms with Crippen LogP contribution < -0.4 is 10.6 Å². The van der Waals surface area contributed by atoms with E-state index in [1.165, 1.54) is 12.1 Å². The van der Waals surface area contributed by atoms with Crippen LogP contribution in [-0.2, 0) is 31.2 Å². The lowest BCUT2D eigenvalue weighted by Crippen LogP contribution is -2.39. The van der Waals surface area contributed by atoms with Gasteiger partial charge in [0.1, 0.15) is 0 Å². The summed E-state index contributed by atoms with van der Waals surface area (Å²) in [5.74, 6) is -0.613. The van der Waals surface area contributed by atoms with E-state index in [2.05, 4.69) is 15.7 Å². The van der Waals surface area contributed by atoms with Crippen molar-refractivity contribution in [1.29, 1.82) is 0 Å². The average Bonchev–Trinajstić information content (AvgIpc) is 3.46. The van der Waals surface area contributed by atoms with Crippen molar-refractivity contribution in [3.05, 3.63) is 46.0 Å². The smallest absolute Gasteiger partial charge is 0.322 e. The van der Waals surface area contributed by atoms with Gasteiger partial charge in [0.15, 0.2) is 5.82 Å². The highest BCUT2D eigenvalue weighted by Crippen LogP contribution is 2.26. The first-order valence-corrected chi connectivity index (χ1v) is 10.1. The van der Waals surface area contributed by atoms with E-state index in [4.69, 9.17) is 11.6 Å². The van der Waals surface area contributed by atoms with E-state index in [1.807, 2.05) is 11.7 Å². The Balaban J connectivity index is 1.43. The summed E-state index contributed by atoms with van der Waals surface area (Å²) < 4.78 is 15.9. The number of nitrogens with one attached hydrogen (secondary N) is 2. The molecule has 1 aromatic heterocycles. The molecular formula is C20H23ClFN5O2. The first-order chi connectivity index (χ1) is 13.9. The summed E-state index contributed by atoms with van der Waals surface area (Å²) >= 11 is 5.79. The highest BCUT2D eigenvalue weighted by Gasteiger charge is 2.28. The van der Waals surface area contributed by atoms with Crippen molar-refractivity contribution in [2.24, 2.45) is 7.05 Å². The number of fused-ring (bicyclic) bond motifs is 1. The molecule has 0 spiro atoms. The lowest BCUT2D eigenvalue weighted by atomic mass is 10.0. The molecule has 0 saturated heterocycles. The maximum atomic E-state index is 14.1. The number of amides is 3. The molecule has 9 heteroatoms. The summed E-state index contributed by atoms with van der Waals surface area (Å²) in [6.45, 7) is 0.874. The zero-order valence-corrected chi connectivity index (χ0v) is 16.9. The number of aryl methyl sites for hydroxylation is 2. The van der Waals surface area contributed by atoms with Crippen LogP contribution in [-0.4, -0.2) is 39.2 Å². The Labute approximate surface area is 173 Å². The molecule has 1 aliphatic carbocycles. The molecule has 0 radical (unpaired) electrons. The van der Waals surface area contributed by atoms with Crippen LogP contribution in [0.4, 0.5) is 14.9 Å². The number of urea groups is 1. The standard InChI is InChI=1S/C20H23ClFN5O2/c1-26-17-9-10-27(20(29)24-16-4-2-3-14(21)19(16)22)11-13(17)15(25-26)7-8-18(28)23-12-5-6-12/h2-4,12H,5-11H2,1H3,(H,23,28)(H,24,29). The SMILES string of the molecule is Cn1nc(CCC(=O)NC2CC2)c2c1CCN(C(=O)Nc1cccc(Cl)c1F)C2. The minimum atomic E-state index is -0.649. The number of hydrogen-bond acceptors (Lipinski definition) is 3. The first-order valence-electron chi connectivity index (χ1n) is 9.75. The van der Waals surface area contributed by atoms with Crippen molar-refractivity contribution < 1.29 is 14.0 Å². The molecule has 4 rings (SSSR count). The molecule has 1 fully saturated rings. The molecule has 0 unspecified atom stereocenters. The Hall–Kier alpha value is -2.61. The van der Waals surface area contributed by atoms with E-state index in [-0.39, 0.29) is 16.6 Å². The van der Waals surface area contributed by atoms with Crippen molar-refractivity contribution in [3.8, 4) is 0 Å². The summed E-state index contributed by atoms with van der Waals surface area (Å²) in [6, 6.07) is 4.44. The number of benzene rings is 1. The highest BCUT2D eigenvalue weighted by atomic mass is 35.5. The lowest BCUT2D eigenvalue weighted by Gasteiger charge is -2.28. The van der Waals surface area contributed by atoms with Gasteiger partial charge >= 0.3 is 6.03 Å². The molecule has 1 saturated carbocycles. The summed E-state index contributed by atoms with van der Waals surface area (Å²) in [5, 5.41) is 10.1. The normalized spacial score (nSPS) is 15.8. The quantitative estimate of drug-likeness (QED) is 0.781. The molecule has 2 aromatic rings. The van der Waals surface area contributed by atoms with E-state index >= 15 is 0 Å². The van der Waals surface area contributed by atoms with Crippen LogP contribution in [0.15, 0.2) is 18.2 Å². The van der Waals surface area contributed by atoms with Gasteiger partial charge in [0.05, 0.1) is 22.9 Å². The summed E-state index contributed by atoms with van der Waals surface area (Å²) in [7, 11) is 1.88. The topological polar surface area (TPSA) is 79.3 Å². The molecule has 1 aromatic carbocycles. The minimum absolute atomic E-state index is 0.0359. The van der Waals surface area contributed by atoms with Gasteiger partial charge in [-0.25, -0.2) is 9.18 Å². The second-order valence-corrected chi connectivity index (χ2v) is 7.95. The van der Waals surface area contributed by atoms with Crippen molar-refractivity contribution >= 4 is 29.2 Å². The first kappa shape index (κ1) is 19.7. The molecule has 1 aliphatic heterocycles. The average molecular weight is 420 g/mol. The van der Waals surface area contributed by atoms with Crippen LogP contribution in [0.5, 0.6) is 0 Å². The van der Waals surface area contributed by atoms with Crippen LogP contribution in [0.2, 0.25) is 5.02 Å². The fraction of sp³-hybridized carbons (Fsp3) is 0.450. The van der Waals surface area contributed by atoms with Gasteiger partial charge in [-0.2, -0.15) is 5.10 Å². The second-order valence-electron chi connectivity index (χ2n) is 7.54. The van der Waals surface area contributed by atoms with Crippen LogP contribution in [0.1, 0.15) is 36.2 Å². The van der Waals surface area contributed by atoms with Crippen LogP contribution >= 0.6 is 11.6 Å². The van der Waals surface area contributed by atoms with Gasteiger partial charge in [0.2, 0.25) is 5.91 Å². The molecule has 29 heavy (non-hydrogen) atoms. The highest BCUT2D eigenvalue weighted by molar-refractivity contribution is 6.31. The van der Waals surface area contributed by atoms with E-state index in [0.29, 0.717) is 38.4 Å². The second kappa shape index (κ2) is 8.02. The fourth-order valence-electron chi connectivity index (χ4n) is 3.60. The largest absolute Gasteiger partial charge is 0.353 e. The van der Waals surface area contributed by atoms with E-state index in [1.54, 1.807) is 11.0 Å². The molecule has 2 aliphatic rings. The van der Waals surface area contributed by atoms with Crippen molar-refractivity contribution in [3.63, 3.8) is 0 Å². The summed E-state index contributed by atoms with van der Waals surface area (Å²) in [6.07, 6.45) is 3.67. The monoisotopic (exact) mass is 419 g/mol. The van der Waals surface area contributed by atoms with E-state index in [0.717, 1.165) is 29.8 Å². The molecular weight excluding hydrogens is 397 g/mol. The van der Waals surface area contributed by atoms with Crippen LogP contribution in [0.3, 0.4) is 0 Å². The minimum Gasteiger partial charge on any atom is -0.353 e. The van der Waals surface area contributed by atoms with E-state index in [9.17, 15) is 14.0 Å². The van der Waals surface area contributed by atoms with Gasteiger partial charge in [0.25, 0.3) is 0 Å². The summed E-state index contributed by atoms with van der Waals surface area (Å²) in [5.41, 5.74) is 2.93. The lowest BCUT2D eigenvalue weighted by molar-refractivity contribution is -0.121. The van der Waals surface area contributed by atoms with Gasteiger partial charge in [0, 0.05) is 50.2 Å². The number of aromatic nitrogens is 2. The predicted molar refractivity (Wildman–Crippen MR) is 107 cm³/mol. The van der Waals surface area contributed by atoms with Crippen molar-refractivity contribution in [2.45, 2.75) is 44.7 Å². The maximum Gasteiger partial charge on any atom is 0.322 e. The van der Waals surface area contributed by atoms with Crippen LogP contribution in [0, 0.1) is 5.82 Å². The Bertz CT molecular complexity index is 957. The molecule has 7 nitrogen and oxygen atoms in total. The number of anilines is 1. The molecule has 2 N–H and O–H groups in total. The molecule has 2 heterocycles. The fourth-order valence-corrected chi connectivity index (χ4v) is 3.77. The number of hydrogen-bond donors (Lipinski definition) is 2. The summed E-state index contributed by atoms with van der Waals surface area (Å²) in [4.78, 5) is 26.3. The zero-order valence-electron chi connectivity index (χ0n) is 16.2. The maximum absolute atomic E-state index is 14.1.